The molecule has 0 spiro atoms. The van der Waals surface area contributed by atoms with E-state index >= 15 is 0 Å². The Hall–Kier alpha value is -1.20. The third-order valence-electron chi connectivity index (χ3n) is 2.47. The number of halogens is 1. The lowest BCUT2D eigenvalue weighted by molar-refractivity contribution is -0.125. The number of hydrogen-bond donors (Lipinski definition) is 1. The molecule has 0 bridgehead atoms. The Morgan fingerprint density at radius 2 is 2.25 bits per heavy atom. The summed E-state index contributed by atoms with van der Waals surface area (Å²) in [6.07, 6.45) is 0.250. The summed E-state index contributed by atoms with van der Waals surface area (Å²) in [6, 6.07) is 6.74. The van der Waals surface area contributed by atoms with Gasteiger partial charge in [0.15, 0.2) is 0 Å². The van der Waals surface area contributed by atoms with Crippen LogP contribution in [0, 0.1) is 0 Å². The first-order valence-electron chi connectivity index (χ1n) is 4.94. The van der Waals surface area contributed by atoms with Crippen molar-refractivity contribution < 1.29 is 9.59 Å². The lowest BCUT2D eigenvalue weighted by atomic mass is 10.2. The lowest BCUT2D eigenvalue weighted by Crippen LogP contribution is -2.34. The SMILES string of the molecule is NC1CC(=O)N(C(=O)c2cccc(Br)c2)C1. The number of benzene rings is 1. The summed E-state index contributed by atoms with van der Waals surface area (Å²) in [5.41, 5.74) is 6.13. The molecule has 2 rings (SSSR count). The summed E-state index contributed by atoms with van der Waals surface area (Å²) in [4.78, 5) is 24.7. The zero-order valence-electron chi connectivity index (χ0n) is 8.52. The van der Waals surface area contributed by atoms with Gasteiger partial charge >= 0.3 is 0 Å². The molecule has 1 aromatic carbocycles. The fourth-order valence-electron chi connectivity index (χ4n) is 1.71. The Kier molecular flexibility index (Phi) is 3.07. The van der Waals surface area contributed by atoms with Gasteiger partial charge in [0.05, 0.1) is 0 Å². The third-order valence-corrected chi connectivity index (χ3v) is 2.96. The number of amides is 2. The molecule has 1 atom stereocenters. The van der Waals surface area contributed by atoms with Gasteiger partial charge in [-0.3, -0.25) is 14.5 Å². The maximum Gasteiger partial charge on any atom is 0.260 e. The van der Waals surface area contributed by atoms with Crippen LogP contribution < -0.4 is 5.73 Å². The maximum absolute atomic E-state index is 12.0. The molecule has 0 radical (unpaired) electrons. The second-order valence-corrected chi connectivity index (χ2v) is 4.70. The van der Waals surface area contributed by atoms with E-state index in [-0.39, 0.29) is 24.3 Å². The van der Waals surface area contributed by atoms with Gasteiger partial charge in [0, 0.05) is 29.0 Å². The van der Waals surface area contributed by atoms with Crippen molar-refractivity contribution in [3.63, 3.8) is 0 Å². The van der Waals surface area contributed by atoms with E-state index in [0.29, 0.717) is 12.1 Å². The Labute approximate surface area is 102 Å². The molecule has 0 aliphatic carbocycles. The van der Waals surface area contributed by atoms with Crippen molar-refractivity contribution in [3.05, 3.63) is 34.3 Å². The Balaban J connectivity index is 2.23. The summed E-state index contributed by atoms with van der Waals surface area (Å²) < 4.78 is 0.814. The van der Waals surface area contributed by atoms with Gasteiger partial charge in [-0.2, -0.15) is 0 Å². The van der Waals surface area contributed by atoms with E-state index in [0.717, 1.165) is 4.47 Å². The molecule has 4 nitrogen and oxygen atoms in total. The third kappa shape index (κ3) is 2.15. The van der Waals surface area contributed by atoms with Crippen molar-refractivity contribution in [3.8, 4) is 0 Å². The highest BCUT2D eigenvalue weighted by atomic mass is 79.9. The minimum Gasteiger partial charge on any atom is -0.326 e. The predicted octanol–water partition coefficient (Wildman–Crippen LogP) is 1.15. The van der Waals surface area contributed by atoms with Crippen LogP contribution >= 0.6 is 15.9 Å². The molecule has 1 fully saturated rings. The van der Waals surface area contributed by atoms with Crippen LogP contribution in [0.15, 0.2) is 28.7 Å². The standard InChI is InChI=1S/C11H11BrN2O2/c12-8-3-1-2-7(4-8)11(16)14-6-9(13)5-10(14)15/h1-4,9H,5-6,13H2. The molecular formula is C11H11BrN2O2. The van der Waals surface area contributed by atoms with Crippen molar-refractivity contribution in [2.24, 2.45) is 5.73 Å². The average Bonchev–Trinajstić information content (AvgIpc) is 2.57. The van der Waals surface area contributed by atoms with E-state index in [9.17, 15) is 9.59 Å². The van der Waals surface area contributed by atoms with Crippen LogP contribution in [0.3, 0.4) is 0 Å². The highest BCUT2D eigenvalue weighted by molar-refractivity contribution is 9.10. The zero-order chi connectivity index (χ0) is 11.7. The molecule has 1 aliphatic heterocycles. The molecule has 1 aliphatic rings. The summed E-state index contributed by atoms with van der Waals surface area (Å²) in [6.45, 7) is 0.310. The first-order valence-corrected chi connectivity index (χ1v) is 5.73. The molecule has 2 amide bonds. The molecule has 5 heteroatoms. The summed E-state index contributed by atoms with van der Waals surface area (Å²) in [5.74, 6) is -0.475. The first-order chi connectivity index (χ1) is 7.58. The fourth-order valence-corrected chi connectivity index (χ4v) is 2.11. The van der Waals surface area contributed by atoms with E-state index in [4.69, 9.17) is 5.73 Å². The summed E-state index contributed by atoms with van der Waals surface area (Å²) in [5, 5.41) is 0. The highest BCUT2D eigenvalue weighted by Gasteiger charge is 2.32. The van der Waals surface area contributed by atoms with Gasteiger partial charge in [-0.1, -0.05) is 22.0 Å². The van der Waals surface area contributed by atoms with Gasteiger partial charge in [-0.25, -0.2) is 0 Å². The van der Waals surface area contributed by atoms with E-state index in [2.05, 4.69) is 15.9 Å². The van der Waals surface area contributed by atoms with Crippen LogP contribution in [0.4, 0.5) is 0 Å². The molecule has 84 valence electrons. The maximum atomic E-state index is 12.0. The molecule has 1 heterocycles. The minimum absolute atomic E-state index is 0.197. The number of likely N-dealkylation sites (tertiary alicyclic amines) is 1. The van der Waals surface area contributed by atoms with Gasteiger partial charge in [-0.15, -0.1) is 0 Å². The molecule has 1 aromatic rings. The predicted molar refractivity (Wildman–Crippen MR) is 62.8 cm³/mol. The second kappa shape index (κ2) is 4.35. The Bertz CT molecular complexity index is 447. The monoisotopic (exact) mass is 282 g/mol. The van der Waals surface area contributed by atoms with Crippen molar-refractivity contribution in [1.82, 2.24) is 4.90 Å². The van der Waals surface area contributed by atoms with Gasteiger partial charge in [0.25, 0.3) is 5.91 Å². The van der Waals surface area contributed by atoms with Crippen molar-refractivity contribution in [2.75, 3.05) is 6.54 Å². The van der Waals surface area contributed by atoms with E-state index in [1.807, 2.05) is 6.07 Å². The topological polar surface area (TPSA) is 63.4 Å². The van der Waals surface area contributed by atoms with Crippen LogP contribution in [0.5, 0.6) is 0 Å². The van der Waals surface area contributed by atoms with E-state index in [1.54, 1.807) is 18.2 Å². The van der Waals surface area contributed by atoms with Gasteiger partial charge in [0.1, 0.15) is 0 Å². The molecule has 1 unspecified atom stereocenters. The number of carbonyl (C=O) groups is 2. The van der Waals surface area contributed by atoms with Crippen molar-refractivity contribution >= 4 is 27.7 Å². The number of nitrogens with two attached hydrogens (primary N) is 1. The van der Waals surface area contributed by atoms with E-state index < -0.39 is 0 Å². The van der Waals surface area contributed by atoms with Gasteiger partial charge in [0.2, 0.25) is 5.91 Å². The number of carbonyl (C=O) groups excluding carboxylic acids is 2. The summed E-state index contributed by atoms with van der Waals surface area (Å²) in [7, 11) is 0. The van der Waals surface area contributed by atoms with E-state index in [1.165, 1.54) is 4.90 Å². The van der Waals surface area contributed by atoms with Crippen LogP contribution in [0.25, 0.3) is 0 Å². The molecule has 1 saturated heterocycles. The number of rotatable bonds is 1. The second-order valence-electron chi connectivity index (χ2n) is 3.78. The minimum atomic E-state index is -0.278. The summed E-state index contributed by atoms with van der Waals surface area (Å²) >= 11 is 3.29. The van der Waals surface area contributed by atoms with Gasteiger partial charge < -0.3 is 5.73 Å². The molecule has 0 aromatic heterocycles. The van der Waals surface area contributed by atoms with Crippen LogP contribution in [0.2, 0.25) is 0 Å². The van der Waals surface area contributed by atoms with Crippen LogP contribution in [0.1, 0.15) is 16.8 Å². The largest absolute Gasteiger partial charge is 0.326 e. The number of nitrogens with zero attached hydrogens (tertiary/aromatic N) is 1. The van der Waals surface area contributed by atoms with Crippen molar-refractivity contribution in [2.45, 2.75) is 12.5 Å². The molecule has 0 saturated carbocycles. The normalized spacial score (nSPS) is 20.2. The zero-order valence-corrected chi connectivity index (χ0v) is 10.1. The van der Waals surface area contributed by atoms with Gasteiger partial charge in [-0.05, 0) is 18.2 Å². The Morgan fingerprint density at radius 1 is 1.50 bits per heavy atom. The Morgan fingerprint density at radius 3 is 2.81 bits per heavy atom. The van der Waals surface area contributed by atoms with Crippen LogP contribution in [-0.2, 0) is 4.79 Å². The van der Waals surface area contributed by atoms with Crippen molar-refractivity contribution in [1.29, 1.82) is 0 Å². The lowest BCUT2D eigenvalue weighted by Gasteiger charge is -2.13. The quantitative estimate of drug-likeness (QED) is 0.786. The smallest absolute Gasteiger partial charge is 0.260 e. The molecule has 2 N–H and O–H groups in total. The molecular weight excluding hydrogens is 272 g/mol. The fraction of sp³-hybridized carbons (Fsp3) is 0.273. The highest BCUT2D eigenvalue weighted by Crippen LogP contribution is 2.17. The van der Waals surface area contributed by atoms with Crippen LogP contribution in [-0.4, -0.2) is 29.3 Å². The number of imide groups is 1. The first kappa shape index (κ1) is 11.3. The average molecular weight is 283 g/mol. The number of hydrogen-bond acceptors (Lipinski definition) is 3. The molecule has 16 heavy (non-hydrogen) atoms.